The lowest BCUT2D eigenvalue weighted by Gasteiger charge is -2.11. The number of nitrogens with one attached hydrogen (secondary N) is 1. The highest BCUT2D eigenvalue weighted by Gasteiger charge is 2.30. The zero-order chi connectivity index (χ0) is 20.7. The normalized spacial score (nSPS) is 11.2. The van der Waals surface area contributed by atoms with E-state index in [9.17, 15) is 22.8 Å². The molecule has 2 aromatic carbocycles. The molecule has 0 aliphatic carbocycles. The van der Waals surface area contributed by atoms with Gasteiger partial charge < -0.3 is 14.8 Å². The van der Waals surface area contributed by atoms with E-state index >= 15 is 0 Å². The molecule has 0 saturated carbocycles. The number of carbonyl (C=O) groups excluding carboxylic acids is 2. The first kappa shape index (κ1) is 21.3. The van der Waals surface area contributed by atoms with E-state index in [2.05, 4.69) is 19.2 Å². The van der Waals surface area contributed by atoms with Crippen LogP contribution in [0.1, 0.15) is 30.9 Å². The quantitative estimate of drug-likeness (QED) is 0.707. The number of benzene rings is 2. The molecule has 0 atom stereocenters. The number of halogens is 3. The van der Waals surface area contributed by atoms with Gasteiger partial charge in [0.05, 0.1) is 5.56 Å². The Morgan fingerprint density at radius 3 is 2.32 bits per heavy atom. The lowest BCUT2D eigenvalue weighted by Crippen LogP contribution is -2.23. The maximum Gasteiger partial charge on any atom is 0.416 e. The number of rotatable bonds is 7. The molecule has 0 aliphatic rings. The van der Waals surface area contributed by atoms with Crippen molar-refractivity contribution in [1.29, 1.82) is 0 Å². The smallest absolute Gasteiger partial charge is 0.416 e. The van der Waals surface area contributed by atoms with E-state index in [-0.39, 0.29) is 5.75 Å². The van der Waals surface area contributed by atoms with Crippen molar-refractivity contribution in [2.75, 3.05) is 18.5 Å². The topological polar surface area (TPSA) is 64.6 Å². The van der Waals surface area contributed by atoms with Gasteiger partial charge in [-0.1, -0.05) is 32.0 Å². The van der Waals surface area contributed by atoms with Crippen LogP contribution >= 0.6 is 0 Å². The van der Waals surface area contributed by atoms with Crippen molar-refractivity contribution in [3.05, 3.63) is 59.7 Å². The monoisotopic (exact) mass is 395 g/mol. The minimum absolute atomic E-state index is 0.124. The number of amides is 1. The number of anilines is 1. The number of hydrogen-bond donors (Lipinski definition) is 1. The highest BCUT2D eigenvalue weighted by molar-refractivity contribution is 5.92. The molecule has 150 valence electrons. The van der Waals surface area contributed by atoms with Crippen molar-refractivity contribution in [2.24, 2.45) is 0 Å². The summed E-state index contributed by atoms with van der Waals surface area (Å²) in [5, 5.41) is 2.58. The van der Waals surface area contributed by atoms with Crippen molar-refractivity contribution in [1.82, 2.24) is 0 Å². The summed E-state index contributed by atoms with van der Waals surface area (Å²) in [5.74, 6) is -1.17. The molecule has 0 bridgehead atoms. The van der Waals surface area contributed by atoms with Gasteiger partial charge in [0.2, 0.25) is 0 Å². The molecule has 2 aromatic rings. The summed E-state index contributed by atoms with van der Waals surface area (Å²) < 4.78 is 47.6. The van der Waals surface area contributed by atoms with Crippen molar-refractivity contribution >= 4 is 17.6 Å². The first-order valence-corrected chi connectivity index (χ1v) is 8.50. The largest absolute Gasteiger partial charge is 0.482 e. The van der Waals surface area contributed by atoms with Gasteiger partial charge >= 0.3 is 12.1 Å². The van der Waals surface area contributed by atoms with Crippen LogP contribution in [0.15, 0.2) is 48.5 Å². The summed E-state index contributed by atoms with van der Waals surface area (Å²) in [5.41, 5.74) is 0.795. The third kappa shape index (κ3) is 6.61. The molecule has 0 aliphatic heterocycles. The lowest BCUT2D eigenvalue weighted by molar-refractivity contribution is -0.149. The van der Waals surface area contributed by atoms with Gasteiger partial charge in [0.25, 0.3) is 5.91 Å². The summed E-state index contributed by atoms with van der Waals surface area (Å²) in [4.78, 5) is 23.4. The lowest BCUT2D eigenvalue weighted by atomic mass is 10.0. The zero-order valence-electron chi connectivity index (χ0n) is 15.4. The standard InChI is InChI=1S/C20H20F3NO4/c1-13(2)14-6-8-16(9-7-14)24-18(25)11-28-19(26)12-27-17-5-3-4-15(10-17)20(21,22)23/h3-10,13H,11-12H2,1-2H3,(H,24,25). The summed E-state index contributed by atoms with van der Waals surface area (Å²) in [6.07, 6.45) is -4.51. The van der Waals surface area contributed by atoms with E-state index in [4.69, 9.17) is 9.47 Å². The van der Waals surface area contributed by atoms with Crippen LogP contribution in [-0.4, -0.2) is 25.1 Å². The van der Waals surface area contributed by atoms with E-state index < -0.39 is 36.8 Å². The molecule has 0 spiro atoms. The number of alkyl halides is 3. The minimum Gasteiger partial charge on any atom is -0.482 e. The molecule has 0 aromatic heterocycles. The van der Waals surface area contributed by atoms with Gasteiger partial charge in [-0.25, -0.2) is 4.79 Å². The Bertz CT molecular complexity index is 817. The molecule has 0 heterocycles. The third-order valence-corrected chi connectivity index (χ3v) is 3.74. The molecule has 28 heavy (non-hydrogen) atoms. The van der Waals surface area contributed by atoms with Gasteiger partial charge in [-0.3, -0.25) is 4.79 Å². The average Bonchev–Trinajstić information content (AvgIpc) is 2.64. The van der Waals surface area contributed by atoms with E-state index in [0.29, 0.717) is 11.6 Å². The minimum atomic E-state index is -4.51. The van der Waals surface area contributed by atoms with Crippen LogP contribution in [-0.2, 0) is 20.5 Å². The first-order valence-electron chi connectivity index (χ1n) is 8.50. The van der Waals surface area contributed by atoms with E-state index in [1.165, 1.54) is 12.1 Å². The number of hydrogen-bond acceptors (Lipinski definition) is 4. The zero-order valence-corrected chi connectivity index (χ0v) is 15.4. The maximum absolute atomic E-state index is 12.6. The van der Waals surface area contributed by atoms with E-state index in [0.717, 1.165) is 17.7 Å². The third-order valence-electron chi connectivity index (χ3n) is 3.74. The van der Waals surface area contributed by atoms with Gasteiger partial charge in [-0.15, -0.1) is 0 Å². The van der Waals surface area contributed by atoms with Gasteiger partial charge in [0, 0.05) is 5.69 Å². The van der Waals surface area contributed by atoms with Gasteiger partial charge in [-0.05, 0) is 41.8 Å². The highest BCUT2D eigenvalue weighted by Crippen LogP contribution is 2.31. The molecule has 8 heteroatoms. The summed E-state index contributed by atoms with van der Waals surface area (Å²) in [6.45, 7) is 2.96. The fourth-order valence-corrected chi connectivity index (χ4v) is 2.24. The molecule has 0 fully saturated rings. The Labute approximate surface area is 160 Å². The molecule has 0 radical (unpaired) electrons. The second-order valence-corrected chi connectivity index (χ2v) is 6.30. The second-order valence-electron chi connectivity index (χ2n) is 6.30. The summed E-state index contributed by atoms with van der Waals surface area (Å²) >= 11 is 0. The maximum atomic E-state index is 12.6. The van der Waals surface area contributed by atoms with Crippen LogP contribution < -0.4 is 10.1 Å². The van der Waals surface area contributed by atoms with E-state index in [1.807, 2.05) is 12.1 Å². The summed E-state index contributed by atoms with van der Waals surface area (Å²) in [7, 11) is 0. The molecule has 1 N–H and O–H groups in total. The van der Waals surface area contributed by atoms with Crippen molar-refractivity contribution in [3.8, 4) is 5.75 Å². The second kappa shape index (κ2) is 9.25. The Morgan fingerprint density at radius 2 is 1.71 bits per heavy atom. The van der Waals surface area contributed by atoms with Gasteiger partial charge in [0.15, 0.2) is 13.2 Å². The molecule has 0 unspecified atom stereocenters. The van der Waals surface area contributed by atoms with Crippen LogP contribution in [0.25, 0.3) is 0 Å². The van der Waals surface area contributed by atoms with Gasteiger partial charge in [-0.2, -0.15) is 13.2 Å². The van der Waals surface area contributed by atoms with Gasteiger partial charge in [0.1, 0.15) is 5.75 Å². The Balaban J connectivity index is 1.77. The SMILES string of the molecule is CC(C)c1ccc(NC(=O)COC(=O)COc2cccc(C(F)(F)F)c2)cc1. The highest BCUT2D eigenvalue weighted by atomic mass is 19.4. The fourth-order valence-electron chi connectivity index (χ4n) is 2.24. The Morgan fingerprint density at radius 1 is 1.04 bits per heavy atom. The molecular formula is C20H20F3NO4. The first-order chi connectivity index (χ1) is 13.1. The molecule has 2 rings (SSSR count). The van der Waals surface area contributed by atoms with Crippen LogP contribution in [0, 0.1) is 0 Å². The average molecular weight is 395 g/mol. The Kier molecular flexibility index (Phi) is 7.03. The Hall–Kier alpha value is -3.03. The molecule has 5 nitrogen and oxygen atoms in total. The van der Waals surface area contributed by atoms with E-state index in [1.54, 1.807) is 12.1 Å². The predicted octanol–water partition coefficient (Wildman–Crippen LogP) is 4.39. The van der Waals surface area contributed by atoms with Crippen LogP contribution in [0.3, 0.4) is 0 Å². The van der Waals surface area contributed by atoms with Crippen molar-refractivity contribution in [3.63, 3.8) is 0 Å². The molecule has 0 saturated heterocycles. The van der Waals surface area contributed by atoms with Crippen LogP contribution in [0.5, 0.6) is 5.75 Å². The molecule has 1 amide bonds. The number of esters is 1. The predicted molar refractivity (Wildman–Crippen MR) is 97.1 cm³/mol. The van der Waals surface area contributed by atoms with Crippen molar-refractivity contribution in [2.45, 2.75) is 25.9 Å². The number of carbonyl (C=O) groups is 2. The fraction of sp³-hybridized carbons (Fsp3) is 0.300. The van der Waals surface area contributed by atoms with Crippen LogP contribution in [0.2, 0.25) is 0 Å². The van der Waals surface area contributed by atoms with Crippen LogP contribution in [0.4, 0.5) is 18.9 Å². The summed E-state index contributed by atoms with van der Waals surface area (Å²) in [6, 6.07) is 11.4. The molecular weight excluding hydrogens is 375 g/mol. The number of ether oxygens (including phenoxy) is 2. The van der Waals surface area contributed by atoms with Crippen molar-refractivity contribution < 1.29 is 32.2 Å².